The van der Waals surface area contributed by atoms with Gasteiger partial charge in [-0.3, -0.25) is 0 Å². The number of ether oxygens (including phenoxy) is 2. The van der Waals surface area contributed by atoms with Crippen LogP contribution in [0.3, 0.4) is 0 Å². The third-order valence-corrected chi connectivity index (χ3v) is 4.23. The van der Waals surface area contributed by atoms with Gasteiger partial charge in [0.25, 0.3) is 0 Å². The molecule has 1 heterocycles. The minimum atomic E-state index is 0.494. The smallest absolute Gasteiger partial charge is 0.229 e. The molecular weight excluding hydrogens is 340 g/mol. The van der Waals surface area contributed by atoms with E-state index in [4.69, 9.17) is 9.47 Å². The molecule has 0 aliphatic heterocycles. The van der Waals surface area contributed by atoms with Gasteiger partial charge < -0.3 is 20.1 Å². The Kier molecular flexibility index (Phi) is 5.76. The highest BCUT2D eigenvalue weighted by Crippen LogP contribution is 2.31. The predicted molar refractivity (Wildman–Crippen MR) is 108 cm³/mol. The topological polar surface area (TPSA) is 68.3 Å². The average molecular weight is 364 g/mol. The quantitative estimate of drug-likeness (QED) is 0.645. The Hall–Kier alpha value is -3.28. The second-order valence-corrected chi connectivity index (χ2v) is 6.19. The van der Waals surface area contributed by atoms with Crippen molar-refractivity contribution < 1.29 is 9.47 Å². The Bertz CT molecular complexity index is 928. The van der Waals surface area contributed by atoms with Crippen molar-refractivity contribution >= 4 is 17.5 Å². The first-order chi connectivity index (χ1) is 13.1. The molecule has 2 aromatic carbocycles. The highest BCUT2D eigenvalue weighted by atomic mass is 16.5. The third-order valence-electron chi connectivity index (χ3n) is 4.23. The summed E-state index contributed by atoms with van der Waals surface area (Å²) >= 11 is 0. The molecule has 0 aliphatic rings. The average Bonchev–Trinajstić information content (AvgIpc) is 2.67. The van der Waals surface area contributed by atoms with Crippen molar-refractivity contribution in [2.45, 2.75) is 20.4 Å². The minimum absolute atomic E-state index is 0.494. The molecule has 0 saturated heterocycles. The maximum atomic E-state index is 5.41. The van der Waals surface area contributed by atoms with E-state index < -0.39 is 0 Å². The standard InChI is InChI=1S/C21H24N4O2/c1-14-7-5-6-8-16(14)13-22-20-11-15(2)23-21(25-20)24-18-12-17(26-3)9-10-19(18)27-4/h5-12H,13H2,1-4H3,(H2,22,23,24,25). The summed E-state index contributed by atoms with van der Waals surface area (Å²) in [5, 5.41) is 6.59. The molecule has 27 heavy (non-hydrogen) atoms. The van der Waals surface area contributed by atoms with Gasteiger partial charge in [-0.1, -0.05) is 24.3 Å². The molecular formula is C21H24N4O2. The monoisotopic (exact) mass is 364 g/mol. The fourth-order valence-electron chi connectivity index (χ4n) is 2.74. The van der Waals surface area contributed by atoms with Gasteiger partial charge in [-0.05, 0) is 37.1 Å². The van der Waals surface area contributed by atoms with Crippen LogP contribution in [0.25, 0.3) is 0 Å². The molecule has 1 aromatic heterocycles. The van der Waals surface area contributed by atoms with Gasteiger partial charge in [-0.25, -0.2) is 4.98 Å². The van der Waals surface area contributed by atoms with Crippen LogP contribution in [0, 0.1) is 13.8 Å². The van der Waals surface area contributed by atoms with Crippen LogP contribution in [-0.2, 0) is 6.54 Å². The zero-order valence-electron chi connectivity index (χ0n) is 16.0. The Morgan fingerprint density at radius 2 is 1.74 bits per heavy atom. The van der Waals surface area contributed by atoms with E-state index in [2.05, 4.69) is 39.7 Å². The summed E-state index contributed by atoms with van der Waals surface area (Å²) < 4.78 is 10.7. The lowest BCUT2D eigenvalue weighted by atomic mass is 10.1. The predicted octanol–water partition coefficient (Wildman–Crippen LogP) is 4.47. The van der Waals surface area contributed by atoms with Gasteiger partial charge >= 0.3 is 0 Å². The molecule has 0 aliphatic carbocycles. The number of rotatable bonds is 7. The van der Waals surface area contributed by atoms with Crippen LogP contribution in [0.1, 0.15) is 16.8 Å². The van der Waals surface area contributed by atoms with E-state index in [0.717, 1.165) is 22.9 Å². The molecule has 2 N–H and O–H groups in total. The number of hydrogen-bond donors (Lipinski definition) is 2. The van der Waals surface area contributed by atoms with E-state index in [-0.39, 0.29) is 0 Å². The lowest BCUT2D eigenvalue weighted by molar-refractivity contribution is 0.405. The third kappa shape index (κ3) is 4.67. The maximum absolute atomic E-state index is 5.41. The van der Waals surface area contributed by atoms with Crippen LogP contribution in [0.2, 0.25) is 0 Å². The van der Waals surface area contributed by atoms with Crippen LogP contribution in [-0.4, -0.2) is 24.2 Å². The Morgan fingerprint density at radius 3 is 2.48 bits per heavy atom. The number of hydrogen-bond acceptors (Lipinski definition) is 6. The second kappa shape index (κ2) is 8.40. The molecule has 0 spiro atoms. The Balaban J connectivity index is 1.80. The Morgan fingerprint density at radius 1 is 0.926 bits per heavy atom. The van der Waals surface area contributed by atoms with Crippen molar-refractivity contribution in [3.05, 3.63) is 65.4 Å². The van der Waals surface area contributed by atoms with Gasteiger partial charge in [0.2, 0.25) is 5.95 Å². The summed E-state index contributed by atoms with van der Waals surface area (Å²) in [6.45, 7) is 4.74. The van der Waals surface area contributed by atoms with Gasteiger partial charge in [0.05, 0.1) is 19.9 Å². The first-order valence-electron chi connectivity index (χ1n) is 8.72. The largest absolute Gasteiger partial charge is 0.497 e. The van der Waals surface area contributed by atoms with E-state index in [1.54, 1.807) is 14.2 Å². The summed E-state index contributed by atoms with van der Waals surface area (Å²) in [5.41, 5.74) is 4.09. The highest BCUT2D eigenvalue weighted by Gasteiger charge is 2.09. The first-order valence-corrected chi connectivity index (χ1v) is 8.72. The van der Waals surface area contributed by atoms with Crippen LogP contribution in [0.15, 0.2) is 48.5 Å². The number of aromatic nitrogens is 2. The van der Waals surface area contributed by atoms with Crippen LogP contribution in [0.4, 0.5) is 17.5 Å². The molecule has 140 valence electrons. The maximum Gasteiger partial charge on any atom is 0.229 e. The van der Waals surface area contributed by atoms with E-state index in [9.17, 15) is 0 Å². The molecule has 0 unspecified atom stereocenters. The number of nitrogens with zero attached hydrogens (tertiary/aromatic N) is 2. The van der Waals surface area contributed by atoms with Gasteiger partial charge in [0, 0.05) is 24.4 Å². The number of benzene rings is 2. The minimum Gasteiger partial charge on any atom is -0.497 e. The fraction of sp³-hybridized carbons (Fsp3) is 0.238. The zero-order chi connectivity index (χ0) is 19.2. The van der Waals surface area contributed by atoms with E-state index in [1.165, 1.54) is 11.1 Å². The van der Waals surface area contributed by atoms with Crippen molar-refractivity contribution in [3.63, 3.8) is 0 Å². The number of nitrogens with one attached hydrogen (secondary N) is 2. The molecule has 0 atom stereocenters. The zero-order valence-corrected chi connectivity index (χ0v) is 16.0. The lowest BCUT2D eigenvalue weighted by Crippen LogP contribution is -2.07. The summed E-state index contributed by atoms with van der Waals surface area (Å²) in [6.07, 6.45) is 0. The van der Waals surface area contributed by atoms with Crippen molar-refractivity contribution in [1.29, 1.82) is 0 Å². The van der Waals surface area contributed by atoms with Gasteiger partial charge in [0.15, 0.2) is 0 Å². The molecule has 0 fully saturated rings. The van der Waals surface area contributed by atoms with Crippen molar-refractivity contribution in [2.24, 2.45) is 0 Å². The molecule has 0 saturated carbocycles. The SMILES string of the molecule is COc1ccc(OC)c(Nc2nc(C)cc(NCc3ccccc3C)n2)c1. The van der Waals surface area contributed by atoms with Gasteiger partial charge in [0.1, 0.15) is 17.3 Å². The van der Waals surface area contributed by atoms with Gasteiger partial charge in [-0.2, -0.15) is 4.98 Å². The van der Waals surface area contributed by atoms with E-state index in [0.29, 0.717) is 18.2 Å². The molecule has 6 heteroatoms. The summed E-state index contributed by atoms with van der Waals surface area (Å²) in [6, 6.07) is 15.7. The van der Waals surface area contributed by atoms with Gasteiger partial charge in [-0.15, -0.1) is 0 Å². The summed E-state index contributed by atoms with van der Waals surface area (Å²) in [4.78, 5) is 9.05. The second-order valence-electron chi connectivity index (χ2n) is 6.19. The highest BCUT2D eigenvalue weighted by molar-refractivity contribution is 5.65. The van der Waals surface area contributed by atoms with Crippen molar-refractivity contribution in [1.82, 2.24) is 9.97 Å². The molecule has 0 amide bonds. The van der Waals surface area contributed by atoms with Crippen LogP contribution < -0.4 is 20.1 Å². The lowest BCUT2D eigenvalue weighted by Gasteiger charge is -2.13. The number of aryl methyl sites for hydroxylation is 2. The summed E-state index contributed by atoms with van der Waals surface area (Å²) in [7, 11) is 3.25. The summed E-state index contributed by atoms with van der Waals surface area (Å²) in [5.74, 6) is 2.67. The molecule has 3 rings (SSSR count). The fourth-order valence-corrected chi connectivity index (χ4v) is 2.74. The number of anilines is 3. The number of methoxy groups -OCH3 is 2. The molecule has 0 radical (unpaired) electrons. The molecule has 6 nitrogen and oxygen atoms in total. The molecule has 3 aromatic rings. The van der Waals surface area contributed by atoms with Crippen LogP contribution >= 0.6 is 0 Å². The normalized spacial score (nSPS) is 10.4. The van der Waals surface area contributed by atoms with E-state index >= 15 is 0 Å². The van der Waals surface area contributed by atoms with Crippen LogP contribution in [0.5, 0.6) is 11.5 Å². The molecule has 0 bridgehead atoms. The Labute approximate surface area is 159 Å². The van der Waals surface area contributed by atoms with E-state index in [1.807, 2.05) is 43.3 Å². The van der Waals surface area contributed by atoms with Crippen molar-refractivity contribution in [3.8, 4) is 11.5 Å². The first kappa shape index (κ1) is 18.5. The van der Waals surface area contributed by atoms with Crippen molar-refractivity contribution in [2.75, 3.05) is 24.9 Å².